The van der Waals surface area contributed by atoms with E-state index in [0.29, 0.717) is 0 Å². The van der Waals surface area contributed by atoms with Crippen LogP contribution < -0.4 is 0 Å². The van der Waals surface area contributed by atoms with Crippen LogP contribution in [0.3, 0.4) is 0 Å². The van der Waals surface area contributed by atoms with Crippen molar-refractivity contribution in [1.82, 2.24) is 9.55 Å². The Bertz CT molecular complexity index is 613. The van der Waals surface area contributed by atoms with Crippen molar-refractivity contribution in [2.45, 2.75) is 6.54 Å². The maximum Gasteiger partial charge on any atom is 0.112 e. The average molecular weight is 293 g/mol. The molecule has 3 rings (SSSR count). The molecule has 0 radical (unpaired) electrons. The first-order chi connectivity index (χ1) is 7.83. The maximum absolute atomic E-state index is 4.31. The van der Waals surface area contributed by atoms with Gasteiger partial charge in [0, 0.05) is 27.8 Å². The van der Waals surface area contributed by atoms with Crippen LogP contribution in [0.25, 0.3) is 10.9 Å². The van der Waals surface area contributed by atoms with E-state index in [2.05, 4.69) is 55.9 Å². The van der Waals surface area contributed by atoms with Crippen LogP contribution in [-0.4, -0.2) is 9.55 Å². The highest BCUT2D eigenvalue weighted by Gasteiger charge is 2.03. The van der Waals surface area contributed by atoms with Gasteiger partial charge in [-0.3, -0.25) is 0 Å². The fourth-order valence-corrected chi connectivity index (χ4v) is 2.73. The molecule has 0 aliphatic heterocycles. The fraction of sp³-hybridized carbons (Fsp3) is 0.0833. The lowest BCUT2D eigenvalue weighted by molar-refractivity contribution is 0.828. The molecule has 0 aliphatic rings. The van der Waals surface area contributed by atoms with Crippen molar-refractivity contribution in [3.05, 3.63) is 51.5 Å². The zero-order chi connectivity index (χ0) is 11.0. The Hall–Kier alpha value is -1.13. The van der Waals surface area contributed by atoms with Gasteiger partial charge in [0.05, 0.1) is 6.54 Å². The second-order valence-corrected chi connectivity index (χ2v) is 5.47. The van der Waals surface area contributed by atoms with Gasteiger partial charge in [0.2, 0.25) is 0 Å². The molecule has 0 fully saturated rings. The van der Waals surface area contributed by atoms with Crippen molar-refractivity contribution in [2.24, 2.45) is 0 Å². The Kier molecular flexibility index (Phi) is 2.53. The number of halogens is 1. The van der Waals surface area contributed by atoms with E-state index in [-0.39, 0.29) is 0 Å². The highest BCUT2D eigenvalue weighted by molar-refractivity contribution is 9.10. The summed E-state index contributed by atoms with van der Waals surface area (Å²) in [5.41, 5.74) is 1.24. The van der Waals surface area contributed by atoms with Gasteiger partial charge in [0.25, 0.3) is 0 Å². The third-order valence-corrected chi connectivity index (χ3v) is 3.78. The summed E-state index contributed by atoms with van der Waals surface area (Å²) in [5, 5.41) is 4.41. The summed E-state index contributed by atoms with van der Waals surface area (Å²) in [7, 11) is 0. The molecule has 2 aromatic heterocycles. The lowest BCUT2D eigenvalue weighted by atomic mass is 10.2. The van der Waals surface area contributed by atoms with Gasteiger partial charge in [0.15, 0.2) is 0 Å². The van der Waals surface area contributed by atoms with Crippen molar-refractivity contribution < 1.29 is 0 Å². The summed E-state index contributed by atoms with van der Waals surface area (Å²) in [4.78, 5) is 4.31. The topological polar surface area (TPSA) is 17.8 Å². The molecule has 0 atom stereocenters. The van der Waals surface area contributed by atoms with Crippen LogP contribution in [-0.2, 0) is 6.54 Å². The van der Waals surface area contributed by atoms with Gasteiger partial charge in [-0.05, 0) is 23.6 Å². The molecule has 2 nitrogen and oxygen atoms in total. The van der Waals surface area contributed by atoms with E-state index in [1.807, 2.05) is 11.6 Å². The summed E-state index contributed by atoms with van der Waals surface area (Å²) < 4.78 is 3.33. The highest BCUT2D eigenvalue weighted by Crippen LogP contribution is 2.22. The molecule has 1 aromatic carbocycles. The number of benzene rings is 1. The smallest absolute Gasteiger partial charge is 0.112 e. The quantitative estimate of drug-likeness (QED) is 0.700. The molecule has 0 saturated heterocycles. The molecule has 2 heterocycles. The minimum atomic E-state index is 0.845. The molecule has 16 heavy (non-hydrogen) atoms. The average Bonchev–Trinajstić information content (AvgIpc) is 2.90. The van der Waals surface area contributed by atoms with Crippen molar-refractivity contribution >= 4 is 38.2 Å². The van der Waals surface area contributed by atoms with Crippen molar-refractivity contribution in [1.29, 1.82) is 0 Å². The van der Waals surface area contributed by atoms with Crippen LogP contribution in [0.2, 0.25) is 0 Å². The molecule has 4 heteroatoms. The van der Waals surface area contributed by atoms with Crippen LogP contribution in [0.5, 0.6) is 0 Å². The first kappa shape index (κ1) is 10.1. The van der Waals surface area contributed by atoms with E-state index >= 15 is 0 Å². The summed E-state index contributed by atoms with van der Waals surface area (Å²) in [6, 6.07) is 8.46. The molecular weight excluding hydrogens is 284 g/mol. The van der Waals surface area contributed by atoms with E-state index in [1.165, 1.54) is 10.9 Å². The van der Waals surface area contributed by atoms with Crippen molar-refractivity contribution in [2.75, 3.05) is 0 Å². The summed E-state index contributed by atoms with van der Waals surface area (Å²) in [6.45, 7) is 0.845. The van der Waals surface area contributed by atoms with Gasteiger partial charge < -0.3 is 4.57 Å². The Morgan fingerprint density at radius 3 is 3.06 bits per heavy atom. The van der Waals surface area contributed by atoms with E-state index in [0.717, 1.165) is 16.0 Å². The first-order valence-corrected chi connectivity index (χ1v) is 6.63. The molecular formula is C12H9BrN2S. The second kappa shape index (κ2) is 4.03. The second-order valence-electron chi connectivity index (χ2n) is 3.57. The summed E-state index contributed by atoms with van der Waals surface area (Å²) >= 11 is 5.19. The summed E-state index contributed by atoms with van der Waals surface area (Å²) in [5.74, 6) is 0. The maximum atomic E-state index is 4.31. The van der Waals surface area contributed by atoms with Gasteiger partial charge in [-0.2, -0.15) is 0 Å². The molecule has 0 aliphatic carbocycles. The molecule has 0 N–H and O–H groups in total. The van der Waals surface area contributed by atoms with Gasteiger partial charge in [-0.1, -0.05) is 22.0 Å². The fourth-order valence-electron chi connectivity index (χ4n) is 1.77. The minimum Gasteiger partial charge on any atom is -0.341 e. The lowest BCUT2D eigenvalue weighted by Crippen LogP contribution is -1.96. The molecule has 3 aromatic rings. The van der Waals surface area contributed by atoms with E-state index in [4.69, 9.17) is 0 Å². The minimum absolute atomic E-state index is 0.845. The standard InChI is InChI=1S/C12H9BrN2S/c13-10-2-1-9-3-5-15(11(9)7-10)8-12-14-4-6-16-12/h1-7H,8H2. The molecule has 0 saturated carbocycles. The SMILES string of the molecule is Brc1ccc2ccn(Cc3nccs3)c2c1. The normalized spacial score (nSPS) is 11.1. The predicted molar refractivity (Wildman–Crippen MR) is 70.9 cm³/mol. The van der Waals surface area contributed by atoms with Gasteiger partial charge >= 0.3 is 0 Å². The zero-order valence-electron chi connectivity index (χ0n) is 8.43. The monoisotopic (exact) mass is 292 g/mol. The lowest BCUT2D eigenvalue weighted by Gasteiger charge is -2.02. The van der Waals surface area contributed by atoms with Crippen molar-refractivity contribution in [3.8, 4) is 0 Å². The zero-order valence-corrected chi connectivity index (χ0v) is 10.8. The number of hydrogen-bond donors (Lipinski definition) is 0. The number of fused-ring (bicyclic) bond motifs is 1. The number of aromatic nitrogens is 2. The van der Waals surface area contributed by atoms with E-state index in [1.54, 1.807) is 11.3 Å². The predicted octanol–water partition coefficient (Wildman–Crippen LogP) is 3.91. The summed E-state index contributed by atoms with van der Waals surface area (Å²) in [6.07, 6.45) is 3.96. The van der Waals surface area contributed by atoms with E-state index < -0.39 is 0 Å². The van der Waals surface area contributed by atoms with Gasteiger partial charge in [-0.25, -0.2) is 4.98 Å². The number of nitrogens with zero attached hydrogens (tertiary/aromatic N) is 2. The largest absolute Gasteiger partial charge is 0.341 e. The van der Waals surface area contributed by atoms with Gasteiger partial charge in [0.1, 0.15) is 5.01 Å². The Morgan fingerprint density at radius 1 is 1.31 bits per heavy atom. The highest BCUT2D eigenvalue weighted by atomic mass is 79.9. The number of hydrogen-bond acceptors (Lipinski definition) is 2. The van der Waals surface area contributed by atoms with E-state index in [9.17, 15) is 0 Å². The molecule has 0 unspecified atom stereocenters. The third kappa shape index (κ3) is 1.79. The Balaban J connectivity index is 2.07. The van der Waals surface area contributed by atoms with Crippen LogP contribution in [0.15, 0.2) is 46.5 Å². The van der Waals surface area contributed by atoms with Crippen LogP contribution in [0, 0.1) is 0 Å². The molecule has 0 bridgehead atoms. The van der Waals surface area contributed by atoms with Crippen LogP contribution in [0.1, 0.15) is 5.01 Å². The molecule has 0 spiro atoms. The third-order valence-electron chi connectivity index (χ3n) is 2.53. The van der Waals surface area contributed by atoms with Crippen LogP contribution in [0.4, 0.5) is 0 Å². The Morgan fingerprint density at radius 2 is 2.25 bits per heavy atom. The number of thiazole rings is 1. The molecule has 0 amide bonds. The first-order valence-electron chi connectivity index (χ1n) is 4.96. The van der Waals surface area contributed by atoms with Crippen LogP contribution >= 0.6 is 27.3 Å². The molecule has 80 valence electrons. The Labute approximate surface area is 106 Å². The number of rotatable bonds is 2. The van der Waals surface area contributed by atoms with Gasteiger partial charge in [-0.15, -0.1) is 11.3 Å². The van der Waals surface area contributed by atoms with Crippen molar-refractivity contribution in [3.63, 3.8) is 0 Å².